The van der Waals surface area contributed by atoms with Gasteiger partial charge in [0.2, 0.25) is 0 Å². The number of rotatable bonds is 8. The molecule has 0 saturated carbocycles. The Morgan fingerprint density at radius 1 is 1.17 bits per heavy atom. The molecule has 4 atom stereocenters. The number of aliphatic carboxylic acids is 1. The molecule has 4 heteroatoms. The highest BCUT2D eigenvalue weighted by Gasteiger charge is 2.48. The van der Waals surface area contributed by atoms with Crippen LogP contribution in [0.2, 0.25) is 0 Å². The van der Waals surface area contributed by atoms with E-state index in [0.717, 1.165) is 51.2 Å². The van der Waals surface area contributed by atoms with Crippen molar-refractivity contribution in [1.82, 2.24) is 0 Å². The van der Waals surface area contributed by atoms with Crippen LogP contribution in [0.5, 0.6) is 0 Å². The smallest absolute Gasteiger partial charge is 0.303 e. The minimum atomic E-state index is -0.711. The summed E-state index contributed by atoms with van der Waals surface area (Å²) in [6, 6.07) is 0. The standard InChI is InChI=1S/C14H22O4/c15-9-11-10(12-7-8-13(11)18-12)5-3-1-2-4-6-14(16)17/h9-13H,1-8H2,(H,16,17)/t10-,11+,12-,13+/m0/s1. The summed E-state index contributed by atoms with van der Waals surface area (Å²) in [4.78, 5) is 21.4. The molecule has 0 unspecified atom stereocenters. The van der Waals surface area contributed by atoms with Gasteiger partial charge in [0.15, 0.2) is 0 Å². The minimum absolute atomic E-state index is 0.114. The Hall–Kier alpha value is -0.900. The zero-order chi connectivity index (χ0) is 13.0. The topological polar surface area (TPSA) is 63.6 Å². The largest absolute Gasteiger partial charge is 0.481 e. The number of ether oxygens (including phenoxy) is 1. The van der Waals surface area contributed by atoms with Crippen LogP contribution in [0.3, 0.4) is 0 Å². The quantitative estimate of drug-likeness (QED) is 0.533. The van der Waals surface area contributed by atoms with Gasteiger partial charge in [-0.3, -0.25) is 4.79 Å². The maximum atomic E-state index is 11.1. The molecule has 1 N–H and O–H groups in total. The summed E-state index contributed by atoms with van der Waals surface area (Å²) in [7, 11) is 0. The molecular formula is C14H22O4. The maximum absolute atomic E-state index is 11.1. The first-order chi connectivity index (χ1) is 8.72. The highest BCUT2D eigenvalue weighted by molar-refractivity contribution is 5.66. The number of hydrogen-bond acceptors (Lipinski definition) is 3. The molecule has 2 fully saturated rings. The molecule has 2 aliphatic rings. The molecule has 2 rings (SSSR count). The fraction of sp³-hybridized carbons (Fsp3) is 0.857. The van der Waals surface area contributed by atoms with Crippen molar-refractivity contribution in [2.75, 3.05) is 0 Å². The minimum Gasteiger partial charge on any atom is -0.481 e. The Balaban J connectivity index is 1.61. The molecule has 0 spiro atoms. The Bertz CT molecular complexity index is 302. The normalized spacial score (nSPS) is 33.8. The van der Waals surface area contributed by atoms with Crippen LogP contribution < -0.4 is 0 Å². The van der Waals surface area contributed by atoms with E-state index < -0.39 is 5.97 Å². The van der Waals surface area contributed by atoms with Crippen molar-refractivity contribution in [3.63, 3.8) is 0 Å². The summed E-state index contributed by atoms with van der Waals surface area (Å²) in [5.74, 6) is -0.180. The predicted molar refractivity (Wildman–Crippen MR) is 66.3 cm³/mol. The van der Waals surface area contributed by atoms with Crippen molar-refractivity contribution in [3.8, 4) is 0 Å². The van der Waals surface area contributed by atoms with Crippen LogP contribution in [0.15, 0.2) is 0 Å². The second-order valence-corrected chi connectivity index (χ2v) is 5.51. The lowest BCUT2D eigenvalue weighted by Gasteiger charge is -2.23. The Labute approximate surface area is 108 Å². The van der Waals surface area contributed by atoms with Crippen LogP contribution >= 0.6 is 0 Å². The molecule has 102 valence electrons. The molecule has 0 radical (unpaired) electrons. The van der Waals surface area contributed by atoms with E-state index in [-0.39, 0.29) is 18.4 Å². The van der Waals surface area contributed by atoms with Gasteiger partial charge in [-0.15, -0.1) is 0 Å². The first-order valence-corrected chi connectivity index (χ1v) is 7.05. The van der Waals surface area contributed by atoms with Gasteiger partial charge >= 0.3 is 5.97 Å². The van der Waals surface area contributed by atoms with Gasteiger partial charge < -0.3 is 14.6 Å². The summed E-state index contributed by atoms with van der Waals surface area (Å²) in [5.41, 5.74) is 0. The van der Waals surface area contributed by atoms with Crippen LogP contribution in [-0.2, 0) is 14.3 Å². The summed E-state index contributed by atoms with van der Waals surface area (Å²) < 4.78 is 5.79. The molecule has 2 bridgehead atoms. The molecule has 0 amide bonds. The second-order valence-electron chi connectivity index (χ2n) is 5.51. The van der Waals surface area contributed by atoms with Crippen LogP contribution in [0.4, 0.5) is 0 Å². The molecule has 4 nitrogen and oxygen atoms in total. The van der Waals surface area contributed by atoms with E-state index in [9.17, 15) is 9.59 Å². The average Bonchev–Trinajstić information content (AvgIpc) is 2.93. The number of carbonyl (C=O) groups excluding carboxylic acids is 1. The molecule has 0 aromatic rings. The number of carboxylic acids is 1. The summed E-state index contributed by atoms with van der Waals surface area (Å²) in [6.07, 6.45) is 8.94. The van der Waals surface area contributed by atoms with E-state index in [1.165, 1.54) is 0 Å². The number of unbranched alkanes of at least 4 members (excludes halogenated alkanes) is 3. The second kappa shape index (κ2) is 6.32. The van der Waals surface area contributed by atoms with Crippen LogP contribution in [0.25, 0.3) is 0 Å². The van der Waals surface area contributed by atoms with E-state index in [1.807, 2.05) is 0 Å². The lowest BCUT2D eigenvalue weighted by atomic mass is 9.77. The number of hydrogen-bond donors (Lipinski definition) is 1. The van der Waals surface area contributed by atoms with Gasteiger partial charge in [-0.05, 0) is 31.6 Å². The first kappa shape index (κ1) is 13.5. The monoisotopic (exact) mass is 254 g/mol. The summed E-state index contributed by atoms with van der Waals surface area (Å²) >= 11 is 0. The molecule has 0 aromatic carbocycles. The highest BCUT2D eigenvalue weighted by atomic mass is 16.5. The molecular weight excluding hydrogens is 232 g/mol. The Morgan fingerprint density at radius 2 is 1.89 bits per heavy atom. The number of carbonyl (C=O) groups is 2. The van der Waals surface area contributed by atoms with Crippen LogP contribution in [0.1, 0.15) is 51.4 Å². The van der Waals surface area contributed by atoms with E-state index in [1.54, 1.807) is 0 Å². The van der Waals surface area contributed by atoms with Gasteiger partial charge in [-0.25, -0.2) is 0 Å². The highest BCUT2D eigenvalue weighted by Crippen LogP contribution is 2.44. The Kier molecular flexibility index (Phi) is 4.75. The third kappa shape index (κ3) is 3.10. The fourth-order valence-corrected chi connectivity index (χ4v) is 3.39. The fourth-order valence-electron chi connectivity index (χ4n) is 3.39. The molecule has 0 aromatic heterocycles. The van der Waals surface area contributed by atoms with Gasteiger partial charge in [0.1, 0.15) is 6.29 Å². The molecule has 2 aliphatic heterocycles. The van der Waals surface area contributed by atoms with Crippen molar-refractivity contribution < 1.29 is 19.4 Å². The number of carboxylic acid groups (broad SMARTS) is 1. The maximum Gasteiger partial charge on any atom is 0.303 e. The van der Waals surface area contributed by atoms with Gasteiger partial charge in [-0.1, -0.05) is 19.3 Å². The van der Waals surface area contributed by atoms with Crippen LogP contribution in [-0.4, -0.2) is 29.6 Å². The van der Waals surface area contributed by atoms with E-state index in [4.69, 9.17) is 9.84 Å². The van der Waals surface area contributed by atoms with Crippen molar-refractivity contribution in [3.05, 3.63) is 0 Å². The average molecular weight is 254 g/mol. The van der Waals surface area contributed by atoms with Crippen molar-refractivity contribution in [2.24, 2.45) is 11.8 Å². The van der Waals surface area contributed by atoms with Crippen molar-refractivity contribution in [2.45, 2.75) is 63.6 Å². The summed E-state index contributed by atoms with van der Waals surface area (Å²) in [6.45, 7) is 0. The summed E-state index contributed by atoms with van der Waals surface area (Å²) in [5, 5.41) is 8.53. The predicted octanol–water partition coefficient (Wildman–Crippen LogP) is 2.40. The zero-order valence-corrected chi connectivity index (χ0v) is 10.7. The van der Waals surface area contributed by atoms with Crippen LogP contribution in [0, 0.1) is 11.8 Å². The SMILES string of the molecule is O=C[C@@H]1[C@H](CCCCCCC(=O)O)[C@@H]2CC[C@H]1O2. The Morgan fingerprint density at radius 3 is 2.61 bits per heavy atom. The van der Waals surface area contributed by atoms with Gasteiger partial charge in [0.25, 0.3) is 0 Å². The van der Waals surface area contributed by atoms with E-state index in [0.29, 0.717) is 12.0 Å². The van der Waals surface area contributed by atoms with Crippen molar-refractivity contribution in [1.29, 1.82) is 0 Å². The first-order valence-electron chi connectivity index (χ1n) is 7.05. The number of fused-ring (bicyclic) bond motifs is 2. The van der Waals surface area contributed by atoms with Gasteiger partial charge in [-0.2, -0.15) is 0 Å². The zero-order valence-electron chi connectivity index (χ0n) is 10.7. The molecule has 2 saturated heterocycles. The van der Waals surface area contributed by atoms with Gasteiger partial charge in [0, 0.05) is 12.3 Å². The lowest BCUT2D eigenvalue weighted by molar-refractivity contribution is -0.137. The van der Waals surface area contributed by atoms with Gasteiger partial charge in [0.05, 0.1) is 12.2 Å². The number of aldehydes is 1. The van der Waals surface area contributed by atoms with Crippen molar-refractivity contribution >= 4 is 12.3 Å². The molecule has 2 heterocycles. The third-order valence-electron chi connectivity index (χ3n) is 4.32. The van der Waals surface area contributed by atoms with E-state index in [2.05, 4.69) is 0 Å². The third-order valence-corrected chi connectivity index (χ3v) is 4.32. The molecule has 18 heavy (non-hydrogen) atoms. The molecule has 0 aliphatic carbocycles. The lowest BCUT2D eigenvalue weighted by Crippen LogP contribution is -2.28. The van der Waals surface area contributed by atoms with E-state index >= 15 is 0 Å².